The molecule has 0 unspecified atom stereocenters. The fourth-order valence-corrected chi connectivity index (χ4v) is 1.59. The van der Waals surface area contributed by atoms with Crippen LogP contribution in [-0.4, -0.2) is 4.98 Å². The number of pyridine rings is 1. The topological polar surface area (TPSA) is 56.6 Å². The third kappa shape index (κ3) is 1.97. The van der Waals surface area contributed by atoms with E-state index in [2.05, 4.69) is 4.98 Å². The molecule has 2 aromatic rings. The van der Waals surface area contributed by atoms with Gasteiger partial charge in [-0.05, 0) is 23.8 Å². The Morgan fingerprint density at radius 3 is 2.88 bits per heavy atom. The zero-order valence-corrected chi connectivity index (χ0v) is 8.95. The maximum atomic E-state index is 11.6. The SMILES string of the molecule is N#Cc1cccc(-c2cc(Cl)c[nH]c2=O)c1. The normalized spacial score (nSPS) is 9.75. The highest BCUT2D eigenvalue weighted by atomic mass is 35.5. The van der Waals surface area contributed by atoms with Crippen molar-refractivity contribution in [3.8, 4) is 17.2 Å². The van der Waals surface area contributed by atoms with Gasteiger partial charge in [0.05, 0.1) is 16.7 Å². The maximum Gasteiger partial charge on any atom is 0.255 e. The van der Waals surface area contributed by atoms with Gasteiger partial charge in [0.15, 0.2) is 0 Å². The zero-order chi connectivity index (χ0) is 11.5. The Balaban J connectivity index is 2.63. The fourth-order valence-electron chi connectivity index (χ4n) is 1.43. The Labute approximate surface area is 96.9 Å². The highest BCUT2D eigenvalue weighted by Crippen LogP contribution is 2.19. The van der Waals surface area contributed by atoms with E-state index in [-0.39, 0.29) is 5.56 Å². The summed E-state index contributed by atoms with van der Waals surface area (Å²) in [5, 5.41) is 9.23. The molecule has 0 spiro atoms. The second kappa shape index (κ2) is 4.21. The predicted octanol–water partition coefficient (Wildman–Crippen LogP) is 2.57. The van der Waals surface area contributed by atoms with E-state index in [1.165, 1.54) is 6.20 Å². The molecule has 1 N–H and O–H groups in total. The van der Waals surface area contributed by atoms with Crippen molar-refractivity contribution in [1.29, 1.82) is 5.26 Å². The number of hydrogen-bond acceptors (Lipinski definition) is 2. The third-order valence-electron chi connectivity index (χ3n) is 2.17. The van der Waals surface area contributed by atoms with Crippen LogP contribution in [0.25, 0.3) is 11.1 Å². The van der Waals surface area contributed by atoms with Crippen molar-refractivity contribution >= 4 is 11.6 Å². The summed E-state index contributed by atoms with van der Waals surface area (Å²) in [6, 6.07) is 10.4. The Morgan fingerprint density at radius 2 is 2.12 bits per heavy atom. The third-order valence-corrected chi connectivity index (χ3v) is 2.39. The number of nitrogens with one attached hydrogen (secondary N) is 1. The van der Waals surface area contributed by atoms with Crippen LogP contribution in [0.2, 0.25) is 5.02 Å². The van der Waals surface area contributed by atoms with Crippen LogP contribution >= 0.6 is 11.6 Å². The van der Waals surface area contributed by atoms with Gasteiger partial charge in [0.2, 0.25) is 0 Å². The summed E-state index contributed by atoms with van der Waals surface area (Å²) in [6.45, 7) is 0. The minimum absolute atomic E-state index is 0.223. The summed E-state index contributed by atoms with van der Waals surface area (Å²) in [5.74, 6) is 0. The van der Waals surface area contributed by atoms with Crippen molar-refractivity contribution in [2.45, 2.75) is 0 Å². The van der Waals surface area contributed by atoms with Crippen LogP contribution < -0.4 is 5.56 Å². The van der Waals surface area contributed by atoms with Crippen molar-refractivity contribution in [2.24, 2.45) is 0 Å². The summed E-state index contributed by atoms with van der Waals surface area (Å²) < 4.78 is 0. The molecule has 0 aliphatic rings. The molecule has 0 fully saturated rings. The molecule has 1 aromatic carbocycles. The van der Waals surface area contributed by atoms with Crippen molar-refractivity contribution in [3.05, 3.63) is 57.5 Å². The lowest BCUT2D eigenvalue weighted by Crippen LogP contribution is -2.07. The molecule has 0 atom stereocenters. The number of H-pyrrole nitrogens is 1. The molecule has 78 valence electrons. The molecule has 0 saturated carbocycles. The molecule has 16 heavy (non-hydrogen) atoms. The number of benzene rings is 1. The van der Waals surface area contributed by atoms with E-state index in [1.807, 2.05) is 6.07 Å². The van der Waals surface area contributed by atoms with Gasteiger partial charge in [0, 0.05) is 11.8 Å². The molecular formula is C12H7ClN2O. The molecule has 2 rings (SSSR count). The first-order valence-electron chi connectivity index (χ1n) is 4.59. The molecule has 0 bridgehead atoms. The number of halogens is 1. The van der Waals surface area contributed by atoms with E-state index in [1.54, 1.807) is 30.3 Å². The number of rotatable bonds is 1. The van der Waals surface area contributed by atoms with E-state index < -0.39 is 0 Å². The lowest BCUT2D eigenvalue weighted by Gasteiger charge is -2.01. The minimum Gasteiger partial charge on any atom is -0.327 e. The quantitative estimate of drug-likeness (QED) is 0.819. The molecule has 0 amide bonds. The fraction of sp³-hybridized carbons (Fsp3) is 0. The molecule has 3 nitrogen and oxygen atoms in total. The lowest BCUT2D eigenvalue weighted by molar-refractivity contribution is 1.24. The average molecular weight is 231 g/mol. The Bertz CT molecular complexity index is 625. The molecule has 1 aromatic heterocycles. The van der Waals surface area contributed by atoms with E-state index >= 15 is 0 Å². The van der Waals surface area contributed by atoms with Gasteiger partial charge in [-0.3, -0.25) is 4.79 Å². The summed E-state index contributed by atoms with van der Waals surface area (Å²) in [6.07, 6.45) is 1.43. The van der Waals surface area contributed by atoms with Gasteiger partial charge in [-0.2, -0.15) is 5.26 Å². The molecule has 0 saturated heterocycles. The molecule has 0 aliphatic carbocycles. The number of aromatic nitrogens is 1. The number of hydrogen-bond donors (Lipinski definition) is 1. The largest absolute Gasteiger partial charge is 0.327 e. The van der Waals surface area contributed by atoms with Gasteiger partial charge in [0.1, 0.15) is 0 Å². The van der Waals surface area contributed by atoms with Crippen LogP contribution in [-0.2, 0) is 0 Å². The van der Waals surface area contributed by atoms with E-state index in [0.29, 0.717) is 21.7 Å². The van der Waals surface area contributed by atoms with E-state index in [4.69, 9.17) is 16.9 Å². The Morgan fingerprint density at radius 1 is 1.31 bits per heavy atom. The van der Waals surface area contributed by atoms with Gasteiger partial charge in [-0.15, -0.1) is 0 Å². The first kappa shape index (κ1) is 10.5. The van der Waals surface area contributed by atoms with E-state index in [9.17, 15) is 4.79 Å². The Hall–Kier alpha value is -2.05. The molecular weight excluding hydrogens is 224 g/mol. The van der Waals surface area contributed by atoms with Gasteiger partial charge >= 0.3 is 0 Å². The van der Waals surface area contributed by atoms with Crippen LogP contribution in [0.3, 0.4) is 0 Å². The van der Waals surface area contributed by atoms with Crippen LogP contribution in [0.4, 0.5) is 0 Å². The highest BCUT2D eigenvalue weighted by Gasteiger charge is 2.04. The first-order chi connectivity index (χ1) is 7.70. The number of nitrogens with zero attached hydrogens (tertiary/aromatic N) is 1. The summed E-state index contributed by atoms with van der Waals surface area (Å²) >= 11 is 5.81. The van der Waals surface area contributed by atoms with Crippen molar-refractivity contribution in [1.82, 2.24) is 4.98 Å². The summed E-state index contributed by atoms with van der Waals surface area (Å²) in [7, 11) is 0. The van der Waals surface area contributed by atoms with Gasteiger partial charge in [0.25, 0.3) is 5.56 Å². The highest BCUT2D eigenvalue weighted by molar-refractivity contribution is 6.30. The maximum absolute atomic E-state index is 11.6. The second-order valence-corrected chi connectivity index (χ2v) is 3.69. The number of nitriles is 1. The average Bonchev–Trinajstić information content (AvgIpc) is 2.32. The predicted molar refractivity (Wildman–Crippen MR) is 62.2 cm³/mol. The lowest BCUT2D eigenvalue weighted by atomic mass is 10.1. The minimum atomic E-state index is -0.223. The molecule has 0 radical (unpaired) electrons. The van der Waals surface area contributed by atoms with Crippen LogP contribution in [0.5, 0.6) is 0 Å². The van der Waals surface area contributed by atoms with Crippen LogP contribution in [0.1, 0.15) is 5.56 Å². The monoisotopic (exact) mass is 230 g/mol. The molecule has 1 heterocycles. The van der Waals surface area contributed by atoms with Crippen molar-refractivity contribution < 1.29 is 0 Å². The number of aromatic amines is 1. The van der Waals surface area contributed by atoms with Crippen molar-refractivity contribution in [3.63, 3.8) is 0 Å². The first-order valence-corrected chi connectivity index (χ1v) is 4.97. The van der Waals surface area contributed by atoms with Gasteiger partial charge in [-0.25, -0.2) is 0 Å². The summed E-state index contributed by atoms with van der Waals surface area (Å²) in [4.78, 5) is 14.1. The summed E-state index contributed by atoms with van der Waals surface area (Å²) in [5.41, 5.74) is 1.43. The van der Waals surface area contributed by atoms with Crippen molar-refractivity contribution in [2.75, 3.05) is 0 Å². The zero-order valence-electron chi connectivity index (χ0n) is 8.20. The van der Waals surface area contributed by atoms with Gasteiger partial charge in [-0.1, -0.05) is 23.7 Å². The van der Waals surface area contributed by atoms with Gasteiger partial charge < -0.3 is 4.98 Å². The molecule has 4 heteroatoms. The van der Waals surface area contributed by atoms with Crippen LogP contribution in [0.15, 0.2) is 41.3 Å². The smallest absolute Gasteiger partial charge is 0.255 e. The Kier molecular flexibility index (Phi) is 2.76. The van der Waals surface area contributed by atoms with E-state index in [0.717, 1.165) is 0 Å². The van der Waals surface area contributed by atoms with Crippen LogP contribution in [0, 0.1) is 11.3 Å². The standard InChI is InChI=1S/C12H7ClN2O/c13-10-5-11(12(16)15-7-10)9-3-1-2-8(4-9)6-14/h1-5,7H,(H,15,16). The second-order valence-electron chi connectivity index (χ2n) is 3.25. The molecule has 0 aliphatic heterocycles.